The largest absolute Gasteiger partial charge is 0.461 e. The molecule has 1 rings (SSSR count). The number of aliphatic hydroxyl groups excluding tert-OH is 1. The highest BCUT2D eigenvalue weighted by atomic mass is 16.5. The fourth-order valence-corrected chi connectivity index (χ4v) is 1.31. The monoisotopic (exact) mass is 234 g/mol. The molecule has 1 N–H and O–H groups in total. The minimum absolute atomic E-state index is 0.0407. The van der Waals surface area contributed by atoms with Crippen molar-refractivity contribution in [1.82, 2.24) is 0 Å². The lowest BCUT2D eigenvalue weighted by molar-refractivity contribution is -0.144. The van der Waals surface area contributed by atoms with E-state index >= 15 is 0 Å². The molecule has 0 aliphatic carbocycles. The van der Waals surface area contributed by atoms with Crippen LogP contribution in [0.3, 0.4) is 0 Å². The van der Waals surface area contributed by atoms with E-state index in [0.29, 0.717) is 19.4 Å². The summed E-state index contributed by atoms with van der Waals surface area (Å²) in [6.45, 7) is 2.19. The van der Waals surface area contributed by atoms with E-state index in [9.17, 15) is 4.79 Å². The van der Waals surface area contributed by atoms with Crippen molar-refractivity contribution in [2.75, 3.05) is 6.61 Å². The Morgan fingerprint density at radius 1 is 1.35 bits per heavy atom. The molecule has 0 fully saturated rings. The van der Waals surface area contributed by atoms with Crippen molar-refractivity contribution in [2.45, 2.75) is 26.4 Å². The summed E-state index contributed by atoms with van der Waals surface area (Å²) >= 11 is 0. The van der Waals surface area contributed by atoms with E-state index in [1.54, 1.807) is 0 Å². The Balaban J connectivity index is 2.22. The zero-order valence-electron chi connectivity index (χ0n) is 10.1. The summed E-state index contributed by atoms with van der Waals surface area (Å²) in [7, 11) is 0. The third-order valence-corrected chi connectivity index (χ3v) is 2.33. The Morgan fingerprint density at radius 2 is 2.06 bits per heavy atom. The number of carbonyl (C=O) groups is 1. The van der Waals surface area contributed by atoms with Crippen LogP contribution in [0, 0.1) is 0 Å². The number of hydrogen-bond acceptors (Lipinski definition) is 3. The van der Waals surface area contributed by atoms with Gasteiger partial charge >= 0.3 is 5.97 Å². The molecular formula is C14H18O3. The lowest BCUT2D eigenvalue weighted by Crippen LogP contribution is -2.03. The van der Waals surface area contributed by atoms with Crippen LogP contribution in [0.15, 0.2) is 42.0 Å². The van der Waals surface area contributed by atoms with Gasteiger partial charge in [0.05, 0.1) is 6.61 Å². The lowest BCUT2D eigenvalue weighted by Gasteiger charge is -2.03. The minimum atomic E-state index is -0.212. The van der Waals surface area contributed by atoms with Crippen LogP contribution < -0.4 is 0 Å². The second-order valence-electron chi connectivity index (χ2n) is 3.89. The average molecular weight is 234 g/mol. The van der Waals surface area contributed by atoms with Crippen molar-refractivity contribution in [3.8, 4) is 0 Å². The van der Waals surface area contributed by atoms with E-state index in [-0.39, 0.29) is 12.6 Å². The summed E-state index contributed by atoms with van der Waals surface area (Å²) in [5.41, 5.74) is 1.86. The lowest BCUT2D eigenvalue weighted by atomic mass is 10.2. The molecule has 0 amide bonds. The second kappa shape index (κ2) is 7.63. The number of allylic oxidation sites excluding steroid dienone is 1. The molecule has 17 heavy (non-hydrogen) atoms. The molecule has 1 aromatic rings. The summed E-state index contributed by atoms with van der Waals surface area (Å²) in [5, 5.41) is 8.77. The third kappa shape index (κ3) is 5.88. The van der Waals surface area contributed by atoms with Crippen molar-refractivity contribution < 1.29 is 14.6 Å². The highest BCUT2D eigenvalue weighted by Crippen LogP contribution is 2.04. The first kappa shape index (κ1) is 13.5. The maximum absolute atomic E-state index is 11.4. The normalized spacial score (nSPS) is 11.3. The number of esters is 1. The van der Waals surface area contributed by atoms with Gasteiger partial charge in [-0.05, 0) is 18.9 Å². The molecule has 0 saturated carbocycles. The zero-order chi connectivity index (χ0) is 12.5. The maximum atomic E-state index is 11.4. The Kier molecular flexibility index (Phi) is 6.04. The first-order valence-electron chi connectivity index (χ1n) is 5.68. The van der Waals surface area contributed by atoms with Gasteiger partial charge in [0.2, 0.25) is 0 Å². The summed E-state index contributed by atoms with van der Waals surface area (Å²) < 4.78 is 5.11. The van der Waals surface area contributed by atoms with Crippen molar-refractivity contribution in [1.29, 1.82) is 0 Å². The Labute approximate surface area is 102 Å². The van der Waals surface area contributed by atoms with Crippen molar-refractivity contribution >= 4 is 5.97 Å². The molecule has 0 aromatic heterocycles. The van der Waals surface area contributed by atoms with Gasteiger partial charge in [-0.15, -0.1) is 0 Å². The summed E-state index contributed by atoms with van der Waals surface area (Å²) in [4.78, 5) is 11.4. The van der Waals surface area contributed by atoms with Crippen LogP contribution in [0.4, 0.5) is 0 Å². The van der Waals surface area contributed by atoms with Gasteiger partial charge in [0.1, 0.15) is 6.61 Å². The highest BCUT2D eigenvalue weighted by Gasteiger charge is 2.01. The maximum Gasteiger partial charge on any atom is 0.306 e. The number of hydrogen-bond donors (Lipinski definition) is 1. The molecule has 0 unspecified atom stereocenters. The summed E-state index contributed by atoms with van der Waals surface area (Å²) in [6.07, 6.45) is 2.81. The Bertz CT molecular complexity index is 368. The predicted molar refractivity (Wildman–Crippen MR) is 66.3 cm³/mol. The molecule has 0 radical (unpaired) electrons. The SMILES string of the molecule is C/C(=C\CCC(=O)OCc1ccccc1)CO. The molecule has 0 saturated heterocycles. The molecule has 3 nitrogen and oxygen atoms in total. The smallest absolute Gasteiger partial charge is 0.306 e. The minimum Gasteiger partial charge on any atom is -0.461 e. The number of aliphatic hydroxyl groups is 1. The van der Waals surface area contributed by atoms with Gasteiger partial charge in [-0.3, -0.25) is 4.79 Å². The van der Waals surface area contributed by atoms with E-state index < -0.39 is 0 Å². The number of rotatable bonds is 6. The van der Waals surface area contributed by atoms with Gasteiger partial charge in [-0.1, -0.05) is 42.0 Å². The molecule has 0 aliphatic rings. The van der Waals surface area contributed by atoms with Crippen LogP contribution >= 0.6 is 0 Å². The first-order valence-corrected chi connectivity index (χ1v) is 5.68. The highest BCUT2D eigenvalue weighted by molar-refractivity contribution is 5.69. The van der Waals surface area contributed by atoms with Crippen molar-refractivity contribution in [3.63, 3.8) is 0 Å². The summed E-state index contributed by atoms with van der Waals surface area (Å²) in [5.74, 6) is -0.212. The molecule has 0 atom stereocenters. The predicted octanol–water partition coefficient (Wildman–Crippen LogP) is 2.45. The van der Waals surface area contributed by atoms with Gasteiger partial charge in [-0.2, -0.15) is 0 Å². The van der Waals surface area contributed by atoms with Crippen LogP contribution in [0.5, 0.6) is 0 Å². The van der Waals surface area contributed by atoms with Crippen LogP contribution in [-0.4, -0.2) is 17.7 Å². The van der Waals surface area contributed by atoms with E-state index in [1.165, 1.54) is 0 Å². The first-order chi connectivity index (χ1) is 8.22. The molecule has 1 aromatic carbocycles. The molecule has 0 heterocycles. The van der Waals surface area contributed by atoms with Gasteiger partial charge < -0.3 is 9.84 Å². The van der Waals surface area contributed by atoms with Crippen LogP contribution in [0.25, 0.3) is 0 Å². The molecule has 0 bridgehead atoms. The van der Waals surface area contributed by atoms with Crippen LogP contribution in [0.2, 0.25) is 0 Å². The number of ether oxygens (including phenoxy) is 1. The molecular weight excluding hydrogens is 216 g/mol. The molecule has 3 heteroatoms. The van der Waals surface area contributed by atoms with E-state index in [2.05, 4.69) is 0 Å². The van der Waals surface area contributed by atoms with Gasteiger partial charge in [-0.25, -0.2) is 0 Å². The molecule has 0 aliphatic heterocycles. The van der Waals surface area contributed by atoms with Crippen molar-refractivity contribution in [2.24, 2.45) is 0 Å². The molecule has 0 spiro atoms. The topological polar surface area (TPSA) is 46.5 Å². The Hall–Kier alpha value is -1.61. The molecule has 92 valence electrons. The zero-order valence-corrected chi connectivity index (χ0v) is 10.1. The fourth-order valence-electron chi connectivity index (χ4n) is 1.31. The van der Waals surface area contributed by atoms with Gasteiger partial charge in [0, 0.05) is 6.42 Å². The van der Waals surface area contributed by atoms with Crippen molar-refractivity contribution in [3.05, 3.63) is 47.5 Å². The number of carbonyl (C=O) groups excluding carboxylic acids is 1. The standard InChI is InChI=1S/C14H18O3/c1-12(10-15)6-5-9-14(16)17-11-13-7-3-2-4-8-13/h2-4,6-8,15H,5,9-11H2,1H3/b12-6+. The quantitative estimate of drug-likeness (QED) is 0.607. The summed E-state index contributed by atoms with van der Waals surface area (Å²) in [6, 6.07) is 9.59. The second-order valence-corrected chi connectivity index (χ2v) is 3.89. The van der Waals surface area contributed by atoms with Crippen LogP contribution in [-0.2, 0) is 16.1 Å². The van der Waals surface area contributed by atoms with E-state index in [0.717, 1.165) is 11.1 Å². The van der Waals surface area contributed by atoms with E-state index in [1.807, 2.05) is 43.3 Å². The fraction of sp³-hybridized carbons (Fsp3) is 0.357. The van der Waals surface area contributed by atoms with E-state index in [4.69, 9.17) is 9.84 Å². The number of benzene rings is 1. The Morgan fingerprint density at radius 3 is 2.71 bits per heavy atom. The van der Waals surface area contributed by atoms with Gasteiger partial charge in [0.15, 0.2) is 0 Å². The van der Waals surface area contributed by atoms with Gasteiger partial charge in [0.25, 0.3) is 0 Å². The average Bonchev–Trinajstić information content (AvgIpc) is 2.37. The van der Waals surface area contributed by atoms with Crippen LogP contribution in [0.1, 0.15) is 25.3 Å². The third-order valence-electron chi connectivity index (χ3n) is 2.33.